The highest BCUT2D eigenvalue weighted by Gasteiger charge is 2.20. The van der Waals surface area contributed by atoms with Crippen molar-refractivity contribution in [3.63, 3.8) is 0 Å². The van der Waals surface area contributed by atoms with Crippen molar-refractivity contribution < 1.29 is 9.53 Å². The summed E-state index contributed by atoms with van der Waals surface area (Å²) in [5.74, 6) is 0.574. The van der Waals surface area contributed by atoms with E-state index in [1.807, 2.05) is 18.2 Å². The Morgan fingerprint density at radius 2 is 2.07 bits per heavy atom. The van der Waals surface area contributed by atoms with Gasteiger partial charge in [0.15, 0.2) is 0 Å². The third-order valence-electron chi connectivity index (χ3n) is 4.84. The topological polar surface area (TPSA) is 59.4 Å². The van der Waals surface area contributed by atoms with Gasteiger partial charge in [-0.3, -0.25) is 4.79 Å². The number of carbonyl (C=O) groups is 1. The average Bonchev–Trinajstić information content (AvgIpc) is 3.11. The molecule has 3 aromatic rings. The van der Waals surface area contributed by atoms with Gasteiger partial charge in [0, 0.05) is 48.6 Å². The number of nitrogens with zero attached hydrogens (tertiary/aromatic N) is 3. The first kappa shape index (κ1) is 17.5. The van der Waals surface area contributed by atoms with E-state index in [4.69, 9.17) is 4.74 Å². The monoisotopic (exact) mass is 364 g/mol. The number of aromatic nitrogens is 2. The molecule has 1 amide bonds. The molecule has 6 heteroatoms. The zero-order chi connectivity index (χ0) is 18.6. The van der Waals surface area contributed by atoms with Gasteiger partial charge in [0.05, 0.1) is 18.8 Å². The van der Waals surface area contributed by atoms with E-state index < -0.39 is 0 Å². The number of morpholine rings is 1. The van der Waals surface area contributed by atoms with E-state index >= 15 is 0 Å². The Balaban J connectivity index is 1.56. The highest BCUT2D eigenvalue weighted by atomic mass is 16.5. The molecule has 4 rings (SSSR count). The van der Waals surface area contributed by atoms with Gasteiger partial charge >= 0.3 is 0 Å². The maximum absolute atomic E-state index is 12.9. The molecule has 140 valence electrons. The van der Waals surface area contributed by atoms with Crippen molar-refractivity contribution in [1.82, 2.24) is 9.55 Å². The standard InChI is InChI=1S/C21H24N4O2/c1-2-9-24-10-7-16-15-17(5-6-19(16)24)23-21(26)18-4-3-8-22-20(18)25-11-13-27-14-12-25/h3-8,10,15H,2,9,11-14H2,1H3,(H,23,26). The van der Waals surface area contributed by atoms with Crippen molar-refractivity contribution in [2.24, 2.45) is 0 Å². The third kappa shape index (κ3) is 3.66. The normalized spacial score (nSPS) is 14.5. The minimum atomic E-state index is -0.142. The molecule has 0 unspecified atom stereocenters. The lowest BCUT2D eigenvalue weighted by molar-refractivity contribution is 0.102. The molecular weight excluding hydrogens is 340 g/mol. The summed E-state index contributed by atoms with van der Waals surface area (Å²) in [7, 11) is 0. The van der Waals surface area contributed by atoms with Crippen LogP contribution in [-0.2, 0) is 11.3 Å². The second-order valence-corrected chi connectivity index (χ2v) is 6.71. The van der Waals surface area contributed by atoms with Gasteiger partial charge in [-0.05, 0) is 42.8 Å². The number of anilines is 2. The summed E-state index contributed by atoms with van der Waals surface area (Å²) in [6, 6.07) is 11.7. The highest BCUT2D eigenvalue weighted by Crippen LogP contribution is 2.23. The van der Waals surface area contributed by atoms with Crippen LogP contribution in [0.2, 0.25) is 0 Å². The second-order valence-electron chi connectivity index (χ2n) is 6.71. The summed E-state index contributed by atoms with van der Waals surface area (Å²) < 4.78 is 7.64. The lowest BCUT2D eigenvalue weighted by Gasteiger charge is -2.29. The number of ether oxygens (including phenoxy) is 1. The van der Waals surface area contributed by atoms with Crippen molar-refractivity contribution >= 4 is 28.3 Å². The molecule has 6 nitrogen and oxygen atoms in total. The van der Waals surface area contributed by atoms with Crippen LogP contribution in [0.15, 0.2) is 48.8 Å². The molecule has 0 radical (unpaired) electrons. The van der Waals surface area contributed by atoms with Gasteiger partial charge in [0.1, 0.15) is 5.82 Å². The number of pyridine rings is 1. The number of nitrogens with one attached hydrogen (secondary N) is 1. The number of hydrogen-bond acceptors (Lipinski definition) is 4. The SMILES string of the molecule is CCCn1ccc2cc(NC(=O)c3cccnc3N3CCOCC3)ccc21. The Hall–Kier alpha value is -2.86. The van der Waals surface area contributed by atoms with Crippen LogP contribution >= 0.6 is 0 Å². The van der Waals surface area contributed by atoms with Gasteiger partial charge in [0.2, 0.25) is 0 Å². The highest BCUT2D eigenvalue weighted by molar-refractivity contribution is 6.08. The first-order chi connectivity index (χ1) is 13.3. The summed E-state index contributed by atoms with van der Waals surface area (Å²) in [5, 5.41) is 4.15. The fourth-order valence-corrected chi connectivity index (χ4v) is 3.51. The zero-order valence-electron chi connectivity index (χ0n) is 15.5. The molecule has 27 heavy (non-hydrogen) atoms. The minimum Gasteiger partial charge on any atom is -0.378 e. The van der Waals surface area contributed by atoms with Gasteiger partial charge in [-0.15, -0.1) is 0 Å². The summed E-state index contributed by atoms with van der Waals surface area (Å²) in [6.45, 7) is 5.96. The van der Waals surface area contributed by atoms with E-state index in [2.05, 4.69) is 45.0 Å². The Bertz CT molecular complexity index is 944. The zero-order valence-corrected chi connectivity index (χ0v) is 15.5. The van der Waals surface area contributed by atoms with Crippen molar-refractivity contribution in [3.05, 3.63) is 54.4 Å². The first-order valence-corrected chi connectivity index (χ1v) is 9.44. The fraction of sp³-hybridized carbons (Fsp3) is 0.333. The number of benzene rings is 1. The van der Waals surface area contributed by atoms with Crippen LogP contribution in [0.3, 0.4) is 0 Å². The fourth-order valence-electron chi connectivity index (χ4n) is 3.51. The molecule has 1 fully saturated rings. The van der Waals surface area contributed by atoms with Crippen molar-refractivity contribution in [2.75, 3.05) is 36.5 Å². The number of hydrogen-bond donors (Lipinski definition) is 1. The van der Waals surface area contributed by atoms with E-state index in [9.17, 15) is 4.79 Å². The van der Waals surface area contributed by atoms with Crippen LogP contribution in [-0.4, -0.2) is 41.8 Å². The third-order valence-corrected chi connectivity index (χ3v) is 4.84. The molecule has 2 aromatic heterocycles. The van der Waals surface area contributed by atoms with Gasteiger partial charge in [-0.2, -0.15) is 0 Å². The predicted molar refractivity (Wildman–Crippen MR) is 107 cm³/mol. The van der Waals surface area contributed by atoms with Gasteiger partial charge in [0.25, 0.3) is 5.91 Å². The molecule has 1 saturated heterocycles. The number of rotatable bonds is 5. The molecule has 0 bridgehead atoms. The van der Waals surface area contributed by atoms with Crippen LogP contribution in [0, 0.1) is 0 Å². The van der Waals surface area contributed by atoms with Crippen molar-refractivity contribution in [3.8, 4) is 0 Å². The minimum absolute atomic E-state index is 0.142. The number of fused-ring (bicyclic) bond motifs is 1. The molecule has 1 aliphatic rings. The Morgan fingerprint density at radius 1 is 1.22 bits per heavy atom. The summed E-state index contributed by atoms with van der Waals surface area (Å²) in [4.78, 5) is 19.5. The van der Waals surface area contributed by atoms with Crippen molar-refractivity contribution in [1.29, 1.82) is 0 Å². The maximum atomic E-state index is 12.9. The summed E-state index contributed by atoms with van der Waals surface area (Å²) in [6.07, 6.45) is 4.91. The second kappa shape index (κ2) is 7.80. The Morgan fingerprint density at radius 3 is 2.89 bits per heavy atom. The van der Waals surface area contributed by atoms with E-state index in [-0.39, 0.29) is 5.91 Å². The molecule has 0 aliphatic carbocycles. The molecule has 1 aromatic carbocycles. The van der Waals surface area contributed by atoms with Crippen LogP contribution in [0.4, 0.5) is 11.5 Å². The molecular formula is C21H24N4O2. The average molecular weight is 364 g/mol. The van der Waals surface area contributed by atoms with Crippen LogP contribution < -0.4 is 10.2 Å². The molecule has 1 N–H and O–H groups in total. The lowest BCUT2D eigenvalue weighted by Crippen LogP contribution is -2.38. The van der Waals surface area contributed by atoms with Gasteiger partial charge < -0.3 is 19.5 Å². The van der Waals surface area contributed by atoms with Crippen LogP contribution in [0.1, 0.15) is 23.7 Å². The summed E-state index contributed by atoms with van der Waals surface area (Å²) >= 11 is 0. The summed E-state index contributed by atoms with van der Waals surface area (Å²) in [5.41, 5.74) is 2.56. The molecule has 0 spiro atoms. The number of amides is 1. The van der Waals surface area contributed by atoms with E-state index in [1.54, 1.807) is 12.3 Å². The smallest absolute Gasteiger partial charge is 0.259 e. The first-order valence-electron chi connectivity index (χ1n) is 9.44. The van der Waals surface area contributed by atoms with Crippen molar-refractivity contribution in [2.45, 2.75) is 19.9 Å². The maximum Gasteiger partial charge on any atom is 0.259 e. The molecule has 0 atom stereocenters. The van der Waals surface area contributed by atoms with E-state index in [1.165, 1.54) is 5.52 Å². The van der Waals surface area contributed by atoms with Crippen LogP contribution in [0.25, 0.3) is 10.9 Å². The quantitative estimate of drug-likeness (QED) is 0.752. The largest absolute Gasteiger partial charge is 0.378 e. The Kier molecular flexibility index (Phi) is 5.07. The van der Waals surface area contributed by atoms with Gasteiger partial charge in [-0.25, -0.2) is 4.98 Å². The lowest BCUT2D eigenvalue weighted by atomic mass is 10.2. The number of carbonyl (C=O) groups excluding carboxylic acids is 1. The predicted octanol–water partition coefficient (Wildman–Crippen LogP) is 3.54. The number of aryl methyl sites for hydroxylation is 1. The van der Waals surface area contributed by atoms with Crippen LogP contribution in [0.5, 0.6) is 0 Å². The van der Waals surface area contributed by atoms with E-state index in [0.29, 0.717) is 24.6 Å². The molecule has 1 aliphatic heterocycles. The Labute approximate surface area is 158 Å². The van der Waals surface area contributed by atoms with Gasteiger partial charge in [-0.1, -0.05) is 6.92 Å². The molecule has 0 saturated carbocycles. The van der Waals surface area contributed by atoms with E-state index in [0.717, 1.165) is 37.1 Å². The molecule has 3 heterocycles.